The van der Waals surface area contributed by atoms with Gasteiger partial charge in [-0.15, -0.1) is 0 Å². The second-order valence-electron chi connectivity index (χ2n) is 3.63. The summed E-state index contributed by atoms with van der Waals surface area (Å²) >= 11 is -1.36. The molecule has 82 valence electrons. The van der Waals surface area contributed by atoms with Crippen molar-refractivity contribution in [2.24, 2.45) is 0 Å². The molecule has 2 atom stereocenters. The molecule has 3 nitrogen and oxygen atoms in total. The van der Waals surface area contributed by atoms with E-state index in [0.29, 0.717) is 18.1 Å². The summed E-state index contributed by atoms with van der Waals surface area (Å²) in [6.07, 6.45) is 0.810. The maximum Gasteiger partial charge on any atom is 0.189 e. The van der Waals surface area contributed by atoms with Crippen molar-refractivity contribution in [2.45, 2.75) is 24.3 Å². The van der Waals surface area contributed by atoms with Crippen LogP contribution in [0, 0.1) is 6.92 Å². The summed E-state index contributed by atoms with van der Waals surface area (Å²) in [5, 5.41) is 0. The highest BCUT2D eigenvalue weighted by Crippen LogP contribution is 2.15. The molecule has 0 saturated carbocycles. The Morgan fingerprint density at radius 1 is 1.40 bits per heavy atom. The lowest BCUT2D eigenvalue weighted by atomic mass is 10.2. The SMILES string of the molecule is Cc1ccc(S(=O)O[C@@H]2CCOC2)cc1. The van der Waals surface area contributed by atoms with Crippen molar-refractivity contribution < 1.29 is 13.1 Å². The Kier molecular flexibility index (Phi) is 3.51. The predicted molar refractivity (Wildman–Crippen MR) is 57.9 cm³/mol. The average molecular weight is 226 g/mol. The number of benzene rings is 1. The molecule has 4 heteroatoms. The van der Waals surface area contributed by atoms with Gasteiger partial charge in [-0.1, -0.05) is 17.7 Å². The van der Waals surface area contributed by atoms with Crippen LogP contribution in [0.2, 0.25) is 0 Å². The number of hydrogen-bond donors (Lipinski definition) is 0. The van der Waals surface area contributed by atoms with Crippen molar-refractivity contribution in [3.63, 3.8) is 0 Å². The summed E-state index contributed by atoms with van der Waals surface area (Å²) < 4.78 is 22.3. The summed E-state index contributed by atoms with van der Waals surface area (Å²) in [7, 11) is 0. The Labute approximate surface area is 92.1 Å². The Morgan fingerprint density at radius 3 is 2.73 bits per heavy atom. The van der Waals surface area contributed by atoms with Crippen molar-refractivity contribution in [3.05, 3.63) is 29.8 Å². The smallest absolute Gasteiger partial charge is 0.189 e. The summed E-state index contributed by atoms with van der Waals surface area (Å²) in [5.74, 6) is 0. The summed E-state index contributed by atoms with van der Waals surface area (Å²) in [5.41, 5.74) is 1.15. The van der Waals surface area contributed by atoms with E-state index in [1.54, 1.807) is 0 Å². The number of aryl methyl sites for hydroxylation is 1. The monoisotopic (exact) mass is 226 g/mol. The van der Waals surface area contributed by atoms with Gasteiger partial charge in [-0.25, -0.2) is 4.21 Å². The Balaban J connectivity index is 1.98. The molecule has 15 heavy (non-hydrogen) atoms. The van der Waals surface area contributed by atoms with Gasteiger partial charge in [0.25, 0.3) is 0 Å². The Hall–Kier alpha value is -0.710. The molecule has 1 aliphatic heterocycles. The van der Waals surface area contributed by atoms with E-state index < -0.39 is 11.1 Å². The van der Waals surface area contributed by atoms with Gasteiger partial charge in [0.15, 0.2) is 11.1 Å². The van der Waals surface area contributed by atoms with Crippen molar-refractivity contribution in [3.8, 4) is 0 Å². The van der Waals surface area contributed by atoms with Crippen LogP contribution in [0.5, 0.6) is 0 Å². The van der Waals surface area contributed by atoms with E-state index in [9.17, 15) is 4.21 Å². The third kappa shape index (κ3) is 2.87. The molecule has 1 aliphatic rings. The Morgan fingerprint density at radius 2 is 2.13 bits per heavy atom. The van der Waals surface area contributed by atoms with E-state index in [0.717, 1.165) is 12.0 Å². The molecule has 1 aromatic rings. The molecular weight excluding hydrogens is 212 g/mol. The quantitative estimate of drug-likeness (QED) is 0.788. The lowest BCUT2D eigenvalue weighted by Crippen LogP contribution is -2.14. The van der Waals surface area contributed by atoms with E-state index in [4.69, 9.17) is 8.92 Å². The van der Waals surface area contributed by atoms with Crippen LogP contribution in [0.3, 0.4) is 0 Å². The molecule has 1 fully saturated rings. The minimum absolute atomic E-state index is 0.0212. The molecule has 0 amide bonds. The van der Waals surface area contributed by atoms with Crippen molar-refractivity contribution >= 4 is 11.1 Å². The highest BCUT2D eigenvalue weighted by atomic mass is 32.2. The predicted octanol–water partition coefficient (Wildman–Crippen LogP) is 1.82. The Bertz CT molecular complexity index is 341. The highest BCUT2D eigenvalue weighted by Gasteiger charge is 2.19. The summed E-state index contributed by atoms with van der Waals surface area (Å²) in [6, 6.07) is 7.53. The minimum atomic E-state index is -1.36. The molecule has 0 N–H and O–H groups in total. The van der Waals surface area contributed by atoms with Crippen molar-refractivity contribution in [1.82, 2.24) is 0 Å². The molecule has 1 saturated heterocycles. The standard InChI is InChI=1S/C11H14O3S/c1-9-2-4-11(5-3-9)15(12)14-10-6-7-13-8-10/h2-5,10H,6-8H2,1H3/t10-,15?/m1/s1. The van der Waals surface area contributed by atoms with Gasteiger partial charge in [-0.3, -0.25) is 4.18 Å². The first-order chi connectivity index (χ1) is 7.25. The zero-order chi connectivity index (χ0) is 10.7. The van der Waals surface area contributed by atoms with E-state index in [1.807, 2.05) is 31.2 Å². The van der Waals surface area contributed by atoms with E-state index in [1.165, 1.54) is 0 Å². The van der Waals surface area contributed by atoms with E-state index in [2.05, 4.69) is 0 Å². The average Bonchev–Trinajstić information content (AvgIpc) is 2.71. The van der Waals surface area contributed by atoms with Gasteiger partial charge >= 0.3 is 0 Å². The van der Waals surface area contributed by atoms with Crippen LogP contribution >= 0.6 is 0 Å². The van der Waals surface area contributed by atoms with E-state index in [-0.39, 0.29) is 6.10 Å². The molecule has 0 bridgehead atoms. The molecule has 2 rings (SSSR count). The number of rotatable bonds is 3. The summed E-state index contributed by atoms with van der Waals surface area (Å²) in [6.45, 7) is 3.26. The third-order valence-electron chi connectivity index (χ3n) is 2.32. The molecule has 1 aromatic carbocycles. The normalized spacial score (nSPS) is 22.9. The van der Waals surface area contributed by atoms with Crippen LogP contribution in [-0.2, 0) is 20.0 Å². The molecule has 0 aliphatic carbocycles. The largest absolute Gasteiger partial charge is 0.379 e. The first-order valence-electron chi connectivity index (χ1n) is 4.99. The fraction of sp³-hybridized carbons (Fsp3) is 0.455. The molecular formula is C11H14O3S. The van der Waals surface area contributed by atoms with Crippen LogP contribution < -0.4 is 0 Å². The van der Waals surface area contributed by atoms with Crippen LogP contribution in [0.25, 0.3) is 0 Å². The van der Waals surface area contributed by atoms with Crippen molar-refractivity contribution in [2.75, 3.05) is 13.2 Å². The van der Waals surface area contributed by atoms with Gasteiger partial charge in [-0.05, 0) is 19.1 Å². The third-order valence-corrected chi connectivity index (χ3v) is 3.43. The topological polar surface area (TPSA) is 35.5 Å². The van der Waals surface area contributed by atoms with Gasteiger partial charge in [0.2, 0.25) is 0 Å². The van der Waals surface area contributed by atoms with Gasteiger partial charge in [0, 0.05) is 13.0 Å². The highest BCUT2D eigenvalue weighted by molar-refractivity contribution is 7.80. The maximum atomic E-state index is 11.7. The van der Waals surface area contributed by atoms with Crippen molar-refractivity contribution in [1.29, 1.82) is 0 Å². The van der Waals surface area contributed by atoms with Crippen LogP contribution in [-0.4, -0.2) is 23.5 Å². The van der Waals surface area contributed by atoms with Crippen LogP contribution in [0.1, 0.15) is 12.0 Å². The minimum Gasteiger partial charge on any atom is -0.379 e. The van der Waals surface area contributed by atoms with E-state index >= 15 is 0 Å². The molecule has 1 unspecified atom stereocenters. The molecule has 1 heterocycles. The molecule has 0 spiro atoms. The number of hydrogen-bond acceptors (Lipinski definition) is 3. The van der Waals surface area contributed by atoms with Crippen LogP contribution in [0.4, 0.5) is 0 Å². The van der Waals surface area contributed by atoms with Crippen LogP contribution in [0.15, 0.2) is 29.2 Å². The van der Waals surface area contributed by atoms with Gasteiger partial charge in [0.1, 0.15) is 6.10 Å². The van der Waals surface area contributed by atoms with Gasteiger partial charge < -0.3 is 4.74 Å². The maximum absolute atomic E-state index is 11.7. The zero-order valence-corrected chi connectivity index (χ0v) is 9.46. The fourth-order valence-electron chi connectivity index (χ4n) is 1.42. The number of ether oxygens (including phenoxy) is 1. The molecule has 0 radical (unpaired) electrons. The van der Waals surface area contributed by atoms with Gasteiger partial charge in [0.05, 0.1) is 11.5 Å². The van der Waals surface area contributed by atoms with Gasteiger partial charge in [-0.2, -0.15) is 0 Å². The summed E-state index contributed by atoms with van der Waals surface area (Å²) in [4.78, 5) is 0.715. The molecule has 0 aromatic heterocycles. The first kappa shape index (κ1) is 10.8. The lowest BCUT2D eigenvalue weighted by Gasteiger charge is -2.08. The lowest BCUT2D eigenvalue weighted by molar-refractivity contribution is 0.150. The first-order valence-corrected chi connectivity index (χ1v) is 6.06. The zero-order valence-electron chi connectivity index (χ0n) is 8.64. The fourth-order valence-corrected chi connectivity index (χ4v) is 2.29. The second kappa shape index (κ2) is 4.88. The second-order valence-corrected chi connectivity index (χ2v) is 4.76.